The zero-order valence-corrected chi connectivity index (χ0v) is 12.8. The fourth-order valence-corrected chi connectivity index (χ4v) is 2.90. The molecule has 1 heterocycles. The highest BCUT2D eigenvalue weighted by atomic mass is 16.2. The van der Waals surface area contributed by atoms with Crippen molar-refractivity contribution in [2.45, 2.75) is 38.1 Å². The van der Waals surface area contributed by atoms with Gasteiger partial charge in [-0.05, 0) is 44.2 Å². The van der Waals surface area contributed by atoms with E-state index in [0.29, 0.717) is 6.04 Å². The van der Waals surface area contributed by atoms with Crippen LogP contribution in [-0.2, 0) is 11.2 Å². The minimum Gasteiger partial charge on any atom is -0.340 e. The number of nitrogens with zero attached hydrogens (tertiary/aromatic N) is 1. The molecule has 4 heteroatoms. The summed E-state index contributed by atoms with van der Waals surface area (Å²) in [5, 5.41) is 3.45. The van der Waals surface area contributed by atoms with E-state index >= 15 is 0 Å². The third-order valence-corrected chi connectivity index (χ3v) is 4.12. The molecule has 116 valence electrons. The molecule has 1 fully saturated rings. The lowest BCUT2D eigenvalue weighted by Crippen LogP contribution is -2.44. The first kappa shape index (κ1) is 16.0. The lowest BCUT2D eigenvalue weighted by molar-refractivity contribution is -0.130. The lowest BCUT2D eigenvalue weighted by atomic mass is 10.1. The van der Waals surface area contributed by atoms with Crippen LogP contribution < -0.4 is 11.1 Å². The van der Waals surface area contributed by atoms with Crippen LogP contribution in [0.4, 0.5) is 0 Å². The Labute approximate surface area is 127 Å². The summed E-state index contributed by atoms with van der Waals surface area (Å²) in [7, 11) is 0. The molecule has 3 N–H and O–H groups in total. The standard InChI is InChI=1S/C17H27N3O/c18-13-17(21)20(14-16-10-6-11-19-16)12-5-4-9-15-7-2-1-3-8-15/h1-3,7-8,16,19H,4-6,9-14,18H2/t16-/m0/s1. The van der Waals surface area contributed by atoms with Crippen LogP contribution in [0.5, 0.6) is 0 Å². The number of carbonyl (C=O) groups is 1. The van der Waals surface area contributed by atoms with Crippen LogP contribution in [0.15, 0.2) is 30.3 Å². The molecule has 1 aromatic carbocycles. The minimum absolute atomic E-state index is 0.0726. The molecule has 0 bridgehead atoms. The Bertz CT molecular complexity index is 415. The highest BCUT2D eigenvalue weighted by Gasteiger charge is 2.20. The summed E-state index contributed by atoms with van der Waals surface area (Å²) in [6.45, 7) is 2.82. The monoisotopic (exact) mass is 289 g/mol. The second-order valence-corrected chi connectivity index (χ2v) is 5.78. The molecule has 1 atom stereocenters. The molecule has 0 unspecified atom stereocenters. The number of nitrogens with one attached hydrogen (secondary N) is 1. The van der Waals surface area contributed by atoms with Crippen molar-refractivity contribution >= 4 is 5.91 Å². The third-order valence-electron chi connectivity index (χ3n) is 4.12. The van der Waals surface area contributed by atoms with Gasteiger partial charge in [0.15, 0.2) is 0 Å². The number of nitrogens with two attached hydrogens (primary N) is 1. The Balaban J connectivity index is 1.72. The van der Waals surface area contributed by atoms with Crippen molar-refractivity contribution in [3.63, 3.8) is 0 Å². The number of benzene rings is 1. The van der Waals surface area contributed by atoms with Crippen LogP contribution in [0.1, 0.15) is 31.2 Å². The molecule has 0 aliphatic carbocycles. The average molecular weight is 289 g/mol. The van der Waals surface area contributed by atoms with Crippen molar-refractivity contribution < 1.29 is 4.79 Å². The smallest absolute Gasteiger partial charge is 0.236 e. The van der Waals surface area contributed by atoms with E-state index in [0.717, 1.165) is 38.9 Å². The van der Waals surface area contributed by atoms with Crippen molar-refractivity contribution in [1.29, 1.82) is 0 Å². The quantitative estimate of drug-likeness (QED) is 0.714. The maximum absolute atomic E-state index is 11.9. The number of amides is 1. The molecule has 1 aromatic rings. The zero-order chi connectivity index (χ0) is 14.9. The largest absolute Gasteiger partial charge is 0.340 e. The van der Waals surface area contributed by atoms with E-state index < -0.39 is 0 Å². The van der Waals surface area contributed by atoms with Crippen molar-refractivity contribution in [2.24, 2.45) is 5.73 Å². The van der Waals surface area contributed by atoms with E-state index in [1.807, 2.05) is 11.0 Å². The topological polar surface area (TPSA) is 58.4 Å². The van der Waals surface area contributed by atoms with Gasteiger partial charge in [-0.2, -0.15) is 0 Å². The number of hydrogen-bond acceptors (Lipinski definition) is 3. The van der Waals surface area contributed by atoms with E-state index in [4.69, 9.17) is 5.73 Å². The molecule has 0 saturated carbocycles. The molecule has 21 heavy (non-hydrogen) atoms. The van der Waals surface area contributed by atoms with Gasteiger partial charge in [-0.15, -0.1) is 0 Å². The summed E-state index contributed by atoms with van der Waals surface area (Å²) >= 11 is 0. The van der Waals surface area contributed by atoms with Crippen molar-refractivity contribution in [3.05, 3.63) is 35.9 Å². The summed E-state index contributed by atoms with van der Waals surface area (Å²) in [4.78, 5) is 13.9. The number of aryl methyl sites for hydroxylation is 1. The van der Waals surface area contributed by atoms with Gasteiger partial charge in [-0.25, -0.2) is 0 Å². The van der Waals surface area contributed by atoms with E-state index in [1.165, 1.54) is 18.4 Å². The Morgan fingerprint density at radius 2 is 2.10 bits per heavy atom. The lowest BCUT2D eigenvalue weighted by Gasteiger charge is -2.25. The number of rotatable bonds is 8. The van der Waals surface area contributed by atoms with Crippen LogP contribution in [0.2, 0.25) is 0 Å². The summed E-state index contributed by atoms with van der Waals surface area (Å²) < 4.78 is 0. The fraction of sp³-hybridized carbons (Fsp3) is 0.588. The number of carbonyl (C=O) groups excluding carboxylic acids is 1. The summed E-state index contributed by atoms with van der Waals surface area (Å²) in [6, 6.07) is 11.0. The van der Waals surface area contributed by atoms with E-state index in [2.05, 4.69) is 29.6 Å². The Morgan fingerprint density at radius 3 is 2.76 bits per heavy atom. The molecular formula is C17H27N3O. The van der Waals surface area contributed by atoms with Gasteiger partial charge in [0.05, 0.1) is 6.54 Å². The molecule has 0 spiro atoms. The molecule has 2 rings (SSSR count). The first-order valence-corrected chi connectivity index (χ1v) is 8.04. The Morgan fingerprint density at radius 1 is 1.29 bits per heavy atom. The van der Waals surface area contributed by atoms with Gasteiger partial charge in [0.25, 0.3) is 0 Å². The SMILES string of the molecule is NCC(=O)N(CCCCc1ccccc1)C[C@@H]1CCCN1. The molecular weight excluding hydrogens is 262 g/mol. The van der Waals surface area contributed by atoms with Crippen molar-refractivity contribution in [3.8, 4) is 0 Å². The summed E-state index contributed by atoms with van der Waals surface area (Å²) in [6.07, 6.45) is 5.60. The summed E-state index contributed by atoms with van der Waals surface area (Å²) in [5.74, 6) is 0.0726. The molecule has 1 aliphatic heterocycles. The minimum atomic E-state index is 0.0726. The van der Waals surface area contributed by atoms with Gasteiger partial charge in [-0.3, -0.25) is 4.79 Å². The van der Waals surface area contributed by atoms with Gasteiger partial charge < -0.3 is 16.0 Å². The maximum Gasteiger partial charge on any atom is 0.236 e. The average Bonchev–Trinajstić information content (AvgIpc) is 3.03. The number of unbranched alkanes of at least 4 members (excludes halogenated alkanes) is 1. The van der Waals surface area contributed by atoms with Gasteiger partial charge in [0.1, 0.15) is 0 Å². The highest BCUT2D eigenvalue weighted by molar-refractivity contribution is 5.78. The van der Waals surface area contributed by atoms with Gasteiger partial charge >= 0.3 is 0 Å². The molecule has 1 aliphatic rings. The van der Waals surface area contributed by atoms with Gasteiger partial charge in [0, 0.05) is 19.1 Å². The van der Waals surface area contributed by atoms with E-state index in [9.17, 15) is 4.79 Å². The Kier molecular flexibility index (Phi) is 6.70. The highest BCUT2D eigenvalue weighted by Crippen LogP contribution is 2.09. The third kappa shape index (κ3) is 5.48. The van der Waals surface area contributed by atoms with E-state index in [-0.39, 0.29) is 12.5 Å². The molecule has 0 radical (unpaired) electrons. The first-order valence-electron chi connectivity index (χ1n) is 8.04. The second-order valence-electron chi connectivity index (χ2n) is 5.78. The van der Waals surface area contributed by atoms with Gasteiger partial charge in [0.2, 0.25) is 5.91 Å². The second kappa shape index (κ2) is 8.80. The Hall–Kier alpha value is -1.39. The molecule has 0 aromatic heterocycles. The van der Waals surface area contributed by atoms with Crippen molar-refractivity contribution in [2.75, 3.05) is 26.2 Å². The predicted octanol–water partition coefficient (Wildman–Crippen LogP) is 1.55. The van der Waals surface area contributed by atoms with Crippen LogP contribution in [-0.4, -0.2) is 43.0 Å². The fourth-order valence-electron chi connectivity index (χ4n) is 2.90. The predicted molar refractivity (Wildman–Crippen MR) is 86.0 cm³/mol. The first-order chi connectivity index (χ1) is 10.3. The van der Waals surface area contributed by atoms with Gasteiger partial charge in [-0.1, -0.05) is 30.3 Å². The zero-order valence-electron chi connectivity index (χ0n) is 12.8. The summed E-state index contributed by atoms with van der Waals surface area (Å²) in [5.41, 5.74) is 6.90. The molecule has 1 saturated heterocycles. The van der Waals surface area contributed by atoms with Crippen LogP contribution in [0, 0.1) is 0 Å². The number of hydrogen-bond donors (Lipinski definition) is 2. The van der Waals surface area contributed by atoms with E-state index in [1.54, 1.807) is 0 Å². The van der Waals surface area contributed by atoms with Crippen LogP contribution >= 0.6 is 0 Å². The molecule has 1 amide bonds. The van der Waals surface area contributed by atoms with Crippen LogP contribution in [0.3, 0.4) is 0 Å². The maximum atomic E-state index is 11.9. The van der Waals surface area contributed by atoms with Crippen LogP contribution in [0.25, 0.3) is 0 Å². The molecule has 4 nitrogen and oxygen atoms in total. The van der Waals surface area contributed by atoms with Crippen molar-refractivity contribution in [1.82, 2.24) is 10.2 Å². The normalized spacial score (nSPS) is 17.9.